The average Bonchev–Trinajstić information content (AvgIpc) is 2.54. The second-order valence-electron chi connectivity index (χ2n) is 6.61. The van der Waals surface area contributed by atoms with Crippen LogP contribution in [0.5, 0.6) is 0 Å². The fourth-order valence-corrected chi connectivity index (χ4v) is 3.41. The molecule has 1 saturated carbocycles. The summed E-state index contributed by atoms with van der Waals surface area (Å²) in [5.74, 6) is 6.16. The molecule has 0 aromatic heterocycles. The molecule has 1 aromatic rings. The van der Waals surface area contributed by atoms with Crippen molar-refractivity contribution in [2.75, 3.05) is 0 Å². The van der Waals surface area contributed by atoms with E-state index in [0.29, 0.717) is 17.9 Å². The van der Waals surface area contributed by atoms with E-state index in [4.69, 9.17) is 11.6 Å². The van der Waals surface area contributed by atoms with Gasteiger partial charge in [-0.25, -0.2) is 0 Å². The van der Waals surface area contributed by atoms with Crippen molar-refractivity contribution in [3.8, 4) is 11.8 Å². The lowest BCUT2D eigenvalue weighted by molar-refractivity contribution is -0.126. The van der Waals surface area contributed by atoms with Gasteiger partial charge in [0.2, 0.25) is 5.91 Å². The molecule has 2 atom stereocenters. The van der Waals surface area contributed by atoms with E-state index in [1.165, 1.54) is 0 Å². The molecule has 1 amide bonds. The van der Waals surface area contributed by atoms with Crippen LogP contribution < -0.4 is 5.32 Å². The van der Waals surface area contributed by atoms with Crippen LogP contribution in [0.4, 0.5) is 0 Å². The molecule has 0 aliphatic heterocycles. The first-order chi connectivity index (χ1) is 11.5. The molecule has 24 heavy (non-hydrogen) atoms. The van der Waals surface area contributed by atoms with Gasteiger partial charge < -0.3 is 10.4 Å². The number of nitrogens with one attached hydrogen (secondary N) is 1. The van der Waals surface area contributed by atoms with Gasteiger partial charge in [0.1, 0.15) is 5.60 Å². The van der Waals surface area contributed by atoms with Crippen LogP contribution >= 0.6 is 11.6 Å². The second kappa shape index (κ2) is 8.55. The van der Waals surface area contributed by atoms with E-state index < -0.39 is 5.60 Å². The molecule has 1 aliphatic rings. The van der Waals surface area contributed by atoms with E-state index in [9.17, 15) is 9.90 Å². The Bertz CT molecular complexity index is 630. The maximum Gasteiger partial charge on any atom is 0.223 e. The first kappa shape index (κ1) is 18.8. The van der Waals surface area contributed by atoms with E-state index in [-0.39, 0.29) is 17.9 Å². The van der Waals surface area contributed by atoms with Crippen LogP contribution in [-0.4, -0.2) is 22.7 Å². The summed E-state index contributed by atoms with van der Waals surface area (Å²) < 4.78 is 0. The summed E-state index contributed by atoms with van der Waals surface area (Å²) in [5.41, 5.74) is -0.258. The van der Waals surface area contributed by atoms with Crippen molar-refractivity contribution >= 4 is 17.5 Å². The summed E-state index contributed by atoms with van der Waals surface area (Å²) in [6.07, 6.45) is 4.55. The largest absolute Gasteiger partial charge is 0.378 e. The smallest absolute Gasteiger partial charge is 0.223 e. The Morgan fingerprint density at radius 1 is 1.46 bits per heavy atom. The summed E-state index contributed by atoms with van der Waals surface area (Å²) in [5, 5.41) is 14.5. The molecule has 2 N–H and O–H groups in total. The minimum absolute atomic E-state index is 0.00879. The van der Waals surface area contributed by atoms with E-state index in [2.05, 4.69) is 17.2 Å². The van der Waals surface area contributed by atoms with Crippen molar-refractivity contribution < 1.29 is 9.90 Å². The van der Waals surface area contributed by atoms with Crippen molar-refractivity contribution in [3.63, 3.8) is 0 Å². The highest BCUT2D eigenvalue weighted by Crippen LogP contribution is 2.28. The standard InChI is InChI=1S/C20H26ClNO2/c1-3-16(4-2)19(23)22-18-9-6-11-20(24,14-18)12-10-15-7-5-8-17(21)13-15/h5,7-8,13,16,18,24H,3-4,6,9,11,14H2,1-2H3,(H,22,23)/t18-,20+/m0/s1. The van der Waals surface area contributed by atoms with E-state index >= 15 is 0 Å². The average molecular weight is 348 g/mol. The Balaban J connectivity index is 2.02. The first-order valence-corrected chi connectivity index (χ1v) is 9.15. The number of hydrogen-bond donors (Lipinski definition) is 2. The SMILES string of the molecule is CCC(CC)C(=O)N[C@H]1CCC[C@@](O)(C#Cc2cccc(Cl)c2)C1. The van der Waals surface area contributed by atoms with Crippen LogP contribution in [0.25, 0.3) is 0 Å². The molecule has 3 nitrogen and oxygen atoms in total. The van der Waals surface area contributed by atoms with E-state index in [1.807, 2.05) is 26.0 Å². The maximum absolute atomic E-state index is 12.3. The lowest BCUT2D eigenvalue weighted by Gasteiger charge is -2.34. The molecule has 2 rings (SSSR count). The molecule has 0 spiro atoms. The lowest BCUT2D eigenvalue weighted by Crippen LogP contribution is -2.46. The van der Waals surface area contributed by atoms with Crippen LogP contribution in [0.15, 0.2) is 24.3 Å². The van der Waals surface area contributed by atoms with Gasteiger partial charge >= 0.3 is 0 Å². The Kier molecular flexibility index (Phi) is 6.71. The minimum atomic E-state index is -1.05. The van der Waals surface area contributed by atoms with Crippen molar-refractivity contribution in [3.05, 3.63) is 34.9 Å². The molecule has 0 heterocycles. The molecule has 1 aliphatic carbocycles. The van der Waals surface area contributed by atoms with E-state index in [0.717, 1.165) is 31.2 Å². The van der Waals surface area contributed by atoms with Crippen LogP contribution in [0.1, 0.15) is 57.9 Å². The number of amides is 1. The highest BCUT2D eigenvalue weighted by molar-refractivity contribution is 6.30. The monoisotopic (exact) mass is 347 g/mol. The lowest BCUT2D eigenvalue weighted by atomic mass is 9.81. The number of carbonyl (C=O) groups excluding carboxylic acids is 1. The predicted octanol–water partition coefficient (Wildman–Crippen LogP) is 3.92. The van der Waals surface area contributed by atoms with Crippen molar-refractivity contribution in [1.29, 1.82) is 0 Å². The van der Waals surface area contributed by atoms with Crippen molar-refractivity contribution in [2.24, 2.45) is 5.92 Å². The van der Waals surface area contributed by atoms with Crippen LogP contribution in [-0.2, 0) is 4.79 Å². The second-order valence-corrected chi connectivity index (χ2v) is 7.04. The summed E-state index contributed by atoms with van der Waals surface area (Å²) in [6.45, 7) is 4.06. The highest BCUT2D eigenvalue weighted by Gasteiger charge is 2.34. The molecule has 1 fully saturated rings. The fourth-order valence-electron chi connectivity index (χ4n) is 3.22. The Hall–Kier alpha value is -1.50. The number of halogens is 1. The van der Waals surface area contributed by atoms with E-state index in [1.54, 1.807) is 12.1 Å². The molecule has 0 bridgehead atoms. The Morgan fingerprint density at radius 2 is 2.21 bits per heavy atom. The zero-order chi connectivity index (χ0) is 17.6. The quantitative estimate of drug-likeness (QED) is 0.811. The van der Waals surface area contributed by atoms with Gasteiger partial charge in [-0.15, -0.1) is 0 Å². The topological polar surface area (TPSA) is 49.3 Å². The molecule has 130 valence electrons. The normalized spacial score (nSPS) is 23.5. The van der Waals surface area contributed by atoms with Gasteiger partial charge in [0.25, 0.3) is 0 Å². The summed E-state index contributed by atoms with van der Waals surface area (Å²) in [6, 6.07) is 7.29. The van der Waals surface area contributed by atoms with Gasteiger partial charge in [-0.1, -0.05) is 43.4 Å². The van der Waals surface area contributed by atoms with Gasteiger partial charge in [0.15, 0.2) is 0 Å². The zero-order valence-corrected chi connectivity index (χ0v) is 15.2. The molecular formula is C20H26ClNO2. The minimum Gasteiger partial charge on any atom is -0.378 e. The van der Waals surface area contributed by atoms with Gasteiger partial charge in [0, 0.05) is 29.0 Å². The van der Waals surface area contributed by atoms with Gasteiger partial charge in [-0.05, 0) is 50.3 Å². The third-order valence-electron chi connectivity index (χ3n) is 4.69. The highest BCUT2D eigenvalue weighted by atomic mass is 35.5. The van der Waals surface area contributed by atoms with Gasteiger partial charge in [-0.3, -0.25) is 4.79 Å². The molecule has 0 saturated heterocycles. The number of aliphatic hydroxyl groups is 1. The van der Waals surface area contributed by atoms with Crippen LogP contribution in [0, 0.1) is 17.8 Å². The molecule has 0 unspecified atom stereocenters. The maximum atomic E-state index is 12.3. The first-order valence-electron chi connectivity index (χ1n) is 8.77. The van der Waals surface area contributed by atoms with Crippen LogP contribution in [0.2, 0.25) is 5.02 Å². The Labute approximate surface area is 149 Å². The molecule has 0 radical (unpaired) electrons. The third-order valence-corrected chi connectivity index (χ3v) is 4.93. The van der Waals surface area contributed by atoms with Gasteiger partial charge in [-0.2, -0.15) is 0 Å². The predicted molar refractivity (Wildman–Crippen MR) is 97.8 cm³/mol. The Morgan fingerprint density at radius 3 is 2.88 bits per heavy atom. The van der Waals surface area contributed by atoms with Crippen molar-refractivity contribution in [1.82, 2.24) is 5.32 Å². The zero-order valence-electron chi connectivity index (χ0n) is 14.4. The van der Waals surface area contributed by atoms with Crippen molar-refractivity contribution in [2.45, 2.75) is 64.0 Å². The summed E-state index contributed by atoms with van der Waals surface area (Å²) >= 11 is 5.96. The van der Waals surface area contributed by atoms with Crippen LogP contribution in [0.3, 0.4) is 0 Å². The summed E-state index contributed by atoms with van der Waals surface area (Å²) in [4.78, 5) is 12.3. The summed E-state index contributed by atoms with van der Waals surface area (Å²) in [7, 11) is 0. The fraction of sp³-hybridized carbons (Fsp3) is 0.550. The molecule has 1 aromatic carbocycles. The number of carbonyl (C=O) groups is 1. The number of rotatable bonds is 4. The number of hydrogen-bond acceptors (Lipinski definition) is 2. The van der Waals surface area contributed by atoms with Gasteiger partial charge in [0.05, 0.1) is 0 Å². The molecule has 4 heteroatoms. The number of benzene rings is 1. The molecular weight excluding hydrogens is 322 g/mol. The third kappa shape index (κ3) is 5.26.